The van der Waals surface area contributed by atoms with Crippen molar-refractivity contribution in [3.63, 3.8) is 0 Å². The van der Waals surface area contributed by atoms with E-state index in [1.54, 1.807) is 0 Å². The number of aliphatic hydroxyl groups is 1. The minimum atomic E-state index is -0.478. The van der Waals surface area contributed by atoms with E-state index in [-0.39, 0.29) is 5.41 Å². The van der Waals surface area contributed by atoms with Gasteiger partial charge in [0.05, 0.1) is 5.60 Å². The fourth-order valence-electron chi connectivity index (χ4n) is 5.77. The van der Waals surface area contributed by atoms with E-state index in [0.29, 0.717) is 18.4 Å². The molecular formula is C16H29NO. The molecule has 18 heavy (non-hydrogen) atoms. The third-order valence-corrected chi connectivity index (χ3v) is 6.79. The van der Waals surface area contributed by atoms with Gasteiger partial charge in [0.1, 0.15) is 0 Å². The molecule has 0 aromatic carbocycles. The van der Waals surface area contributed by atoms with Crippen LogP contribution in [0.25, 0.3) is 0 Å². The van der Waals surface area contributed by atoms with Crippen LogP contribution >= 0.6 is 0 Å². The topological polar surface area (TPSA) is 46.2 Å². The number of hydrogen-bond acceptors (Lipinski definition) is 2. The van der Waals surface area contributed by atoms with E-state index in [1.165, 1.54) is 38.5 Å². The Morgan fingerprint density at radius 3 is 2.44 bits per heavy atom. The van der Waals surface area contributed by atoms with Crippen molar-refractivity contribution >= 4 is 0 Å². The van der Waals surface area contributed by atoms with E-state index in [9.17, 15) is 5.11 Å². The van der Waals surface area contributed by atoms with E-state index < -0.39 is 5.60 Å². The van der Waals surface area contributed by atoms with Gasteiger partial charge in [-0.3, -0.25) is 0 Å². The molecule has 0 saturated heterocycles. The van der Waals surface area contributed by atoms with Gasteiger partial charge in [0.2, 0.25) is 0 Å². The number of fused-ring (bicyclic) bond motifs is 2. The van der Waals surface area contributed by atoms with Crippen molar-refractivity contribution in [1.29, 1.82) is 0 Å². The highest BCUT2D eigenvalue weighted by Crippen LogP contribution is 2.63. The maximum atomic E-state index is 11.4. The van der Waals surface area contributed by atoms with Crippen LogP contribution in [0.3, 0.4) is 0 Å². The van der Waals surface area contributed by atoms with E-state index >= 15 is 0 Å². The molecule has 3 N–H and O–H groups in total. The molecule has 104 valence electrons. The predicted octanol–water partition coefficient (Wildman–Crippen LogP) is 2.94. The Hall–Kier alpha value is -0.0800. The molecule has 3 fully saturated rings. The zero-order valence-corrected chi connectivity index (χ0v) is 12.0. The molecule has 6 unspecified atom stereocenters. The van der Waals surface area contributed by atoms with Crippen LogP contribution in [0.4, 0.5) is 0 Å². The molecule has 3 aliphatic carbocycles. The molecule has 2 nitrogen and oxygen atoms in total. The second-order valence-electron chi connectivity index (χ2n) is 7.65. The standard InChI is InChI=1S/C16H29NO/c1-11-5-6-16(18,12(2)7-11)15(10-17)9-13-3-4-14(15)8-13/h11-14,18H,3-10,17H2,1-2H3. The van der Waals surface area contributed by atoms with Crippen LogP contribution in [0.2, 0.25) is 0 Å². The summed E-state index contributed by atoms with van der Waals surface area (Å²) in [4.78, 5) is 0. The quantitative estimate of drug-likeness (QED) is 0.792. The van der Waals surface area contributed by atoms with Gasteiger partial charge < -0.3 is 10.8 Å². The van der Waals surface area contributed by atoms with Gasteiger partial charge >= 0.3 is 0 Å². The molecule has 0 spiro atoms. The zero-order chi connectivity index (χ0) is 13.0. The monoisotopic (exact) mass is 251 g/mol. The van der Waals surface area contributed by atoms with Crippen molar-refractivity contribution in [3.05, 3.63) is 0 Å². The Balaban J connectivity index is 1.91. The number of hydrogen-bond donors (Lipinski definition) is 2. The van der Waals surface area contributed by atoms with Crippen molar-refractivity contribution in [2.75, 3.05) is 6.54 Å². The lowest BCUT2D eigenvalue weighted by Gasteiger charge is -2.55. The van der Waals surface area contributed by atoms with Gasteiger partial charge in [-0.15, -0.1) is 0 Å². The fourth-order valence-corrected chi connectivity index (χ4v) is 5.77. The Morgan fingerprint density at radius 1 is 1.17 bits per heavy atom. The molecular weight excluding hydrogens is 222 g/mol. The first-order chi connectivity index (χ1) is 8.52. The molecule has 6 atom stereocenters. The van der Waals surface area contributed by atoms with E-state index in [2.05, 4.69) is 13.8 Å². The third kappa shape index (κ3) is 1.54. The SMILES string of the molecule is CC1CCC(O)(C2(CN)CC3CCC2C3)C(C)C1. The van der Waals surface area contributed by atoms with Crippen molar-refractivity contribution < 1.29 is 5.11 Å². The summed E-state index contributed by atoms with van der Waals surface area (Å²) in [6, 6.07) is 0. The van der Waals surface area contributed by atoms with Gasteiger partial charge in [-0.2, -0.15) is 0 Å². The summed E-state index contributed by atoms with van der Waals surface area (Å²) >= 11 is 0. The van der Waals surface area contributed by atoms with E-state index in [1.807, 2.05) is 0 Å². The maximum Gasteiger partial charge on any atom is 0.0744 e. The zero-order valence-electron chi connectivity index (χ0n) is 12.0. The van der Waals surface area contributed by atoms with Gasteiger partial charge in [-0.1, -0.05) is 20.3 Å². The van der Waals surface area contributed by atoms with Gasteiger partial charge in [0.25, 0.3) is 0 Å². The molecule has 0 aromatic rings. The van der Waals surface area contributed by atoms with Crippen LogP contribution in [-0.4, -0.2) is 17.3 Å². The van der Waals surface area contributed by atoms with Crippen LogP contribution in [0.5, 0.6) is 0 Å². The lowest BCUT2D eigenvalue weighted by atomic mass is 9.54. The lowest BCUT2D eigenvalue weighted by Crippen LogP contribution is -2.60. The highest BCUT2D eigenvalue weighted by molar-refractivity contribution is 5.13. The molecule has 0 amide bonds. The third-order valence-electron chi connectivity index (χ3n) is 6.79. The lowest BCUT2D eigenvalue weighted by molar-refractivity contribution is -0.167. The van der Waals surface area contributed by atoms with Crippen molar-refractivity contribution in [1.82, 2.24) is 0 Å². The molecule has 0 aromatic heterocycles. The largest absolute Gasteiger partial charge is 0.389 e. The first-order valence-electron chi connectivity index (χ1n) is 7.94. The van der Waals surface area contributed by atoms with Crippen LogP contribution in [0, 0.1) is 29.1 Å². The smallest absolute Gasteiger partial charge is 0.0744 e. The van der Waals surface area contributed by atoms with Crippen molar-refractivity contribution in [2.24, 2.45) is 34.8 Å². The average molecular weight is 251 g/mol. The Labute approximate surface area is 111 Å². The second-order valence-corrected chi connectivity index (χ2v) is 7.65. The maximum absolute atomic E-state index is 11.4. The van der Waals surface area contributed by atoms with Gasteiger partial charge in [-0.25, -0.2) is 0 Å². The second kappa shape index (κ2) is 4.21. The minimum absolute atomic E-state index is 0.0511. The van der Waals surface area contributed by atoms with E-state index in [0.717, 1.165) is 18.3 Å². The van der Waals surface area contributed by atoms with Gasteiger partial charge in [0, 0.05) is 12.0 Å². The molecule has 3 rings (SSSR count). The molecule has 0 aliphatic heterocycles. The van der Waals surface area contributed by atoms with Crippen LogP contribution in [0.1, 0.15) is 58.8 Å². The van der Waals surface area contributed by atoms with Crippen molar-refractivity contribution in [3.8, 4) is 0 Å². The average Bonchev–Trinajstić information content (AvgIpc) is 2.95. The minimum Gasteiger partial charge on any atom is -0.389 e. The molecule has 2 bridgehead atoms. The summed E-state index contributed by atoms with van der Waals surface area (Å²) in [5.41, 5.74) is 5.78. The summed E-state index contributed by atoms with van der Waals surface area (Å²) in [5.74, 6) is 2.75. The summed E-state index contributed by atoms with van der Waals surface area (Å²) in [6.07, 6.45) is 8.57. The summed E-state index contributed by atoms with van der Waals surface area (Å²) in [5, 5.41) is 11.4. The molecule has 2 heteroatoms. The molecule has 3 saturated carbocycles. The van der Waals surface area contributed by atoms with Gasteiger partial charge in [-0.05, 0) is 62.2 Å². The first-order valence-corrected chi connectivity index (χ1v) is 7.94. The Kier molecular flexibility index (Phi) is 3.02. The van der Waals surface area contributed by atoms with Crippen LogP contribution in [-0.2, 0) is 0 Å². The molecule has 3 aliphatic rings. The Bertz CT molecular complexity index is 331. The summed E-state index contributed by atoms with van der Waals surface area (Å²) in [6.45, 7) is 5.29. The van der Waals surface area contributed by atoms with Gasteiger partial charge in [0.15, 0.2) is 0 Å². The normalized spacial score (nSPS) is 56.0. The summed E-state index contributed by atoms with van der Waals surface area (Å²) in [7, 11) is 0. The van der Waals surface area contributed by atoms with Crippen LogP contribution < -0.4 is 5.73 Å². The first kappa shape index (κ1) is 12.9. The predicted molar refractivity (Wildman–Crippen MR) is 74.1 cm³/mol. The van der Waals surface area contributed by atoms with Crippen molar-refractivity contribution in [2.45, 2.75) is 64.4 Å². The van der Waals surface area contributed by atoms with E-state index in [4.69, 9.17) is 5.73 Å². The van der Waals surface area contributed by atoms with Crippen LogP contribution in [0.15, 0.2) is 0 Å². The molecule has 0 radical (unpaired) electrons. The fraction of sp³-hybridized carbons (Fsp3) is 1.00. The highest BCUT2D eigenvalue weighted by atomic mass is 16.3. The highest BCUT2D eigenvalue weighted by Gasteiger charge is 2.62. The Morgan fingerprint density at radius 2 is 1.94 bits per heavy atom. The summed E-state index contributed by atoms with van der Waals surface area (Å²) < 4.78 is 0. The number of nitrogens with two attached hydrogens (primary N) is 1. The molecule has 0 heterocycles. The number of rotatable bonds is 2.